The molecule has 0 atom stereocenters. The molecule has 1 fully saturated rings. The molecule has 0 spiro atoms. The van der Waals surface area contributed by atoms with E-state index in [0.29, 0.717) is 6.54 Å². The average molecular weight is 314 g/mol. The van der Waals surface area contributed by atoms with E-state index in [1.54, 1.807) is 12.5 Å². The van der Waals surface area contributed by atoms with Gasteiger partial charge < -0.3 is 20.3 Å². The molecule has 2 amide bonds. The zero-order valence-electron chi connectivity index (χ0n) is 13.0. The molecule has 2 aromatic rings. The quantitative estimate of drug-likeness (QED) is 0.789. The molecule has 23 heavy (non-hydrogen) atoms. The maximum Gasteiger partial charge on any atom is 0.315 e. The summed E-state index contributed by atoms with van der Waals surface area (Å²) in [4.78, 5) is 16.2. The highest BCUT2D eigenvalue weighted by Crippen LogP contribution is 2.28. The van der Waals surface area contributed by atoms with Crippen molar-refractivity contribution >= 4 is 6.03 Å². The highest BCUT2D eigenvalue weighted by Gasteiger charge is 2.34. The van der Waals surface area contributed by atoms with Gasteiger partial charge >= 0.3 is 6.03 Å². The largest absolute Gasteiger partial charge is 0.394 e. The number of rotatable bonds is 5. The minimum absolute atomic E-state index is 0.00789. The summed E-state index contributed by atoms with van der Waals surface area (Å²) >= 11 is 0. The normalized spacial score (nSPS) is 16.2. The summed E-state index contributed by atoms with van der Waals surface area (Å²) in [5.74, 6) is 0. The summed E-state index contributed by atoms with van der Waals surface area (Å²) in [6.07, 6.45) is 9.10. The lowest BCUT2D eigenvalue weighted by Crippen LogP contribution is -2.52. The molecule has 122 valence electrons. The molecule has 1 aromatic carbocycles. The topological polar surface area (TPSA) is 79.2 Å². The first-order chi connectivity index (χ1) is 11.2. The molecule has 0 saturated heterocycles. The van der Waals surface area contributed by atoms with Crippen molar-refractivity contribution in [1.82, 2.24) is 20.2 Å². The second-order valence-electron chi connectivity index (χ2n) is 6.05. The lowest BCUT2D eigenvalue weighted by atomic mass is 9.99. The van der Waals surface area contributed by atoms with Crippen LogP contribution in [0.15, 0.2) is 43.0 Å². The number of aliphatic hydroxyl groups excluding tert-OH is 1. The Morgan fingerprint density at radius 2 is 2.09 bits per heavy atom. The summed E-state index contributed by atoms with van der Waals surface area (Å²) in [5, 5.41) is 15.4. The number of para-hydroxylation sites is 1. The number of nitrogens with zero attached hydrogens (tertiary/aromatic N) is 2. The molecule has 6 nitrogen and oxygen atoms in total. The van der Waals surface area contributed by atoms with E-state index in [4.69, 9.17) is 0 Å². The number of hydrogen-bond acceptors (Lipinski definition) is 3. The van der Waals surface area contributed by atoms with Crippen molar-refractivity contribution < 1.29 is 9.90 Å². The number of carbonyl (C=O) groups is 1. The first kappa shape index (κ1) is 15.6. The minimum Gasteiger partial charge on any atom is -0.394 e. The lowest BCUT2D eigenvalue weighted by Gasteiger charge is -2.28. The van der Waals surface area contributed by atoms with E-state index in [1.807, 2.05) is 35.0 Å². The molecular weight excluding hydrogens is 292 g/mol. The van der Waals surface area contributed by atoms with Crippen molar-refractivity contribution in [3.8, 4) is 5.69 Å². The Hall–Kier alpha value is -2.34. The Morgan fingerprint density at radius 1 is 1.30 bits per heavy atom. The van der Waals surface area contributed by atoms with Crippen molar-refractivity contribution in [3.05, 3.63) is 48.5 Å². The summed E-state index contributed by atoms with van der Waals surface area (Å²) in [6, 6.07) is 7.64. The zero-order chi connectivity index (χ0) is 16.1. The highest BCUT2D eigenvalue weighted by molar-refractivity contribution is 5.75. The van der Waals surface area contributed by atoms with E-state index < -0.39 is 5.54 Å². The van der Waals surface area contributed by atoms with Gasteiger partial charge in [0.1, 0.15) is 0 Å². The van der Waals surface area contributed by atoms with Crippen LogP contribution in [0.25, 0.3) is 5.69 Å². The van der Waals surface area contributed by atoms with Crippen LogP contribution in [0, 0.1) is 0 Å². The van der Waals surface area contributed by atoms with Gasteiger partial charge in [0.15, 0.2) is 0 Å². The van der Waals surface area contributed by atoms with Gasteiger partial charge in [0.2, 0.25) is 0 Å². The Labute approximate surface area is 135 Å². The van der Waals surface area contributed by atoms with Gasteiger partial charge in [0, 0.05) is 18.9 Å². The Kier molecular flexibility index (Phi) is 4.62. The van der Waals surface area contributed by atoms with Crippen molar-refractivity contribution in [3.63, 3.8) is 0 Å². The van der Waals surface area contributed by atoms with Gasteiger partial charge in [-0.25, -0.2) is 9.78 Å². The fraction of sp³-hybridized carbons (Fsp3) is 0.412. The number of nitrogens with one attached hydrogen (secondary N) is 2. The first-order valence-corrected chi connectivity index (χ1v) is 7.96. The maximum atomic E-state index is 12.2. The van der Waals surface area contributed by atoms with Crippen LogP contribution in [0.2, 0.25) is 0 Å². The molecule has 3 rings (SSSR count). The number of carbonyl (C=O) groups excluding carboxylic acids is 1. The molecule has 6 heteroatoms. The van der Waals surface area contributed by atoms with Crippen LogP contribution in [0.3, 0.4) is 0 Å². The fourth-order valence-electron chi connectivity index (χ4n) is 3.15. The second kappa shape index (κ2) is 6.83. The van der Waals surface area contributed by atoms with E-state index in [1.165, 1.54) is 0 Å². The van der Waals surface area contributed by atoms with Crippen LogP contribution >= 0.6 is 0 Å². The Balaban J connectivity index is 1.64. The van der Waals surface area contributed by atoms with Crippen LogP contribution in [0.1, 0.15) is 31.2 Å². The van der Waals surface area contributed by atoms with E-state index in [2.05, 4.69) is 15.6 Å². The third-order valence-corrected chi connectivity index (χ3v) is 4.46. The summed E-state index contributed by atoms with van der Waals surface area (Å²) in [7, 11) is 0. The van der Waals surface area contributed by atoms with E-state index in [-0.39, 0.29) is 12.6 Å². The van der Waals surface area contributed by atoms with Gasteiger partial charge in [0.25, 0.3) is 0 Å². The predicted molar refractivity (Wildman–Crippen MR) is 87.2 cm³/mol. The Morgan fingerprint density at radius 3 is 2.78 bits per heavy atom. The number of benzene rings is 1. The standard InChI is InChI=1S/C17H22N4O2/c22-12-17(7-3-4-8-17)20-16(23)19-11-14-5-1-2-6-15(14)21-10-9-18-13-21/h1-2,5-6,9-10,13,22H,3-4,7-8,11-12H2,(H2,19,20,23). The van der Waals surface area contributed by atoms with E-state index in [9.17, 15) is 9.90 Å². The number of imidazole rings is 1. The van der Waals surface area contributed by atoms with Crippen LogP contribution in [0.4, 0.5) is 4.79 Å². The van der Waals surface area contributed by atoms with Gasteiger partial charge in [0.05, 0.1) is 24.2 Å². The molecule has 0 bridgehead atoms. The molecule has 3 N–H and O–H groups in total. The van der Waals surface area contributed by atoms with Crippen molar-refractivity contribution in [2.75, 3.05) is 6.61 Å². The highest BCUT2D eigenvalue weighted by atomic mass is 16.3. The van der Waals surface area contributed by atoms with Crippen LogP contribution in [-0.2, 0) is 6.54 Å². The zero-order valence-corrected chi connectivity index (χ0v) is 13.0. The molecule has 1 aliphatic rings. The van der Waals surface area contributed by atoms with Gasteiger partial charge in [-0.05, 0) is 24.5 Å². The van der Waals surface area contributed by atoms with Crippen LogP contribution < -0.4 is 10.6 Å². The van der Waals surface area contributed by atoms with Gasteiger partial charge in [-0.15, -0.1) is 0 Å². The molecule has 0 radical (unpaired) electrons. The minimum atomic E-state index is -0.450. The maximum absolute atomic E-state index is 12.2. The lowest BCUT2D eigenvalue weighted by molar-refractivity contribution is 0.163. The number of aliphatic hydroxyl groups is 1. The molecule has 1 heterocycles. The van der Waals surface area contributed by atoms with Crippen LogP contribution in [-0.4, -0.2) is 32.8 Å². The SMILES string of the molecule is O=C(NCc1ccccc1-n1ccnc1)NC1(CO)CCCC1. The van der Waals surface area contributed by atoms with Crippen molar-refractivity contribution in [2.45, 2.75) is 37.8 Å². The van der Waals surface area contributed by atoms with Crippen molar-refractivity contribution in [1.29, 1.82) is 0 Å². The van der Waals surface area contributed by atoms with Gasteiger partial charge in [-0.1, -0.05) is 31.0 Å². The molecule has 1 aliphatic carbocycles. The van der Waals surface area contributed by atoms with Crippen LogP contribution in [0.5, 0.6) is 0 Å². The molecule has 0 aliphatic heterocycles. The smallest absolute Gasteiger partial charge is 0.315 e. The molecule has 1 aromatic heterocycles. The van der Waals surface area contributed by atoms with E-state index >= 15 is 0 Å². The number of aromatic nitrogens is 2. The molecule has 1 saturated carbocycles. The third-order valence-electron chi connectivity index (χ3n) is 4.46. The van der Waals surface area contributed by atoms with Gasteiger partial charge in [-0.3, -0.25) is 0 Å². The average Bonchev–Trinajstić information content (AvgIpc) is 3.25. The third kappa shape index (κ3) is 3.53. The summed E-state index contributed by atoms with van der Waals surface area (Å²) < 4.78 is 1.92. The molecular formula is C17H22N4O2. The number of hydrogen-bond donors (Lipinski definition) is 3. The monoisotopic (exact) mass is 314 g/mol. The number of urea groups is 1. The second-order valence-corrected chi connectivity index (χ2v) is 6.05. The Bertz CT molecular complexity index is 648. The summed E-state index contributed by atoms with van der Waals surface area (Å²) in [6.45, 7) is 0.410. The fourth-order valence-corrected chi connectivity index (χ4v) is 3.15. The van der Waals surface area contributed by atoms with Crippen molar-refractivity contribution in [2.24, 2.45) is 0 Å². The predicted octanol–water partition coefficient (Wildman–Crippen LogP) is 1.98. The first-order valence-electron chi connectivity index (χ1n) is 7.96. The van der Waals surface area contributed by atoms with Gasteiger partial charge in [-0.2, -0.15) is 0 Å². The molecule has 0 unspecified atom stereocenters. The number of amides is 2. The van der Waals surface area contributed by atoms with E-state index in [0.717, 1.165) is 36.9 Å². The summed E-state index contributed by atoms with van der Waals surface area (Å²) in [5.41, 5.74) is 1.54.